The Balaban J connectivity index is 0.00000220. The molecule has 2 aromatic carbocycles. The molecule has 2 aromatic rings. The monoisotopic (exact) mass is 310 g/mol. The summed E-state index contributed by atoms with van der Waals surface area (Å²) in [6.45, 7) is 0.297. The van der Waals surface area contributed by atoms with E-state index in [0.29, 0.717) is 17.9 Å². The Labute approximate surface area is 127 Å². The van der Waals surface area contributed by atoms with Gasteiger partial charge in [0.15, 0.2) is 0 Å². The number of benzene rings is 2. The lowest BCUT2D eigenvalue weighted by atomic mass is 10.1. The molecule has 0 amide bonds. The Kier molecular flexibility index (Phi) is 5.20. The molecule has 0 saturated carbocycles. The fourth-order valence-electron chi connectivity index (χ4n) is 1.75. The van der Waals surface area contributed by atoms with Crippen molar-refractivity contribution in [2.75, 3.05) is 16.8 Å². The van der Waals surface area contributed by atoms with Gasteiger partial charge in [-0.05, 0) is 29.8 Å². The highest BCUT2D eigenvalue weighted by Crippen LogP contribution is 2.28. The smallest absolute Gasteiger partial charge is 0.271 e. The highest BCUT2D eigenvalue weighted by Gasteiger charge is 2.10. The van der Waals surface area contributed by atoms with E-state index < -0.39 is 4.92 Å². The maximum absolute atomic E-state index is 10.7. The van der Waals surface area contributed by atoms with Crippen molar-refractivity contribution in [3.63, 3.8) is 0 Å². The Bertz CT molecular complexity index is 664. The number of hydrogen-bond donors (Lipinski definition) is 4. The molecule has 0 heterocycles. The summed E-state index contributed by atoms with van der Waals surface area (Å²) >= 11 is 0. The number of phenolic OH excluding ortho intramolecular Hbond substituents is 1. The van der Waals surface area contributed by atoms with E-state index in [1.807, 2.05) is 0 Å². The predicted octanol–water partition coefficient (Wildman–Crippen LogP) is 2.50. The quantitative estimate of drug-likeness (QED) is 0.297. The van der Waals surface area contributed by atoms with Crippen molar-refractivity contribution in [2.45, 2.75) is 6.54 Å². The minimum Gasteiger partial charge on any atom is -0.506 e. The number of nitrogens with two attached hydrogens (primary N) is 2. The first kappa shape index (κ1) is 16.4. The first-order chi connectivity index (χ1) is 9.47. The van der Waals surface area contributed by atoms with Crippen LogP contribution in [0.3, 0.4) is 0 Å². The fourth-order valence-corrected chi connectivity index (χ4v) is 1.75. The second kappa shape index (κ2) is 6.67. The van der Waals surface area contributed by atoms with Gasteiger partial charge in [-0.1, -0.05) is 0 Å². The third-order valence-corrected chi connectivity index (χ3v) is 2.83. The molecular formula is C13H15ClN4O3. The summed E-state index contributed by atoms with van der Waals surface area (Å²) in [4.78, 5) is 10.2. The summed E-state index contributed by atoms with van der Waals surface area (Å²) in [6.07, 6.45) is 0. The second-order valence-electron chi connectivity index (χ2n) is 4.27. The molecule has 0 spiro atoms. The number of aromatic hydroxyl groups is 1. The van der Waals surface area contributed by atoms with Gasteiger partial charge < -0.3 is 21.9 Å². The zero-order valence-electron chi connectivity index (χ0n) is 10.9. The number of nitro benzene ring substituents is 1. The van der Waals surface area contributed by atoms with Gasteiger partial charge in [-0.3, -0.25) is 10.1 Å². The Morgan fingerprint density at radius 1 is 1.19 bits per heavy atom. The number of halogens is 1. The van der Waals surface area contributed by atoms with Crippen LogP contribution in [0.25, 0.3) is 0 Å². The molecule has 0 saturated heterocycles. The summed E-state index contributed by atoms with van der Waals surface area (Å²) in [6, 6.07) is 8.83. The average molecular weight is 311 g/mol. The van der Waals surface area contributed by atoms with Gasteiger partial charge in [0.05, 0.1) is 10.6 Å². The zero-order valence-corrected chi connectivity index (χ0v) is 11.8. The van der Waals surface area contributed by atoms with Gasteiger partial charge in [-0.15, -0.1) is 12.4 Å². The van der Waals surface area contributed by atoms with E-state index in [1.54, 1.807) is 18.2 Å². The van der Waals surface area contributed by atoms with Crippen molar-refractivity contribution in [1.82, 2.24) is 0 Å². The van der Waals surface area contributed by atoms with E-state index >= 15 is 0 Å². The molecule has 2 rings (SSSR count). The first-order valence-corrected chi connectivity index (χ1v) is 5.82. The minimum atomic E-state index is -0.528. The Hall–Kier alpha value is -2.67. The average Bonchev–Trinajstić information content (AvgIpc) is 2.41. The molecule has 7 nitrogen and oxygen atoms in total. The number of hydrogen-bond acceptors (Lipinski definition) is 6. The van der Waals surface area contributed by atoms with Crippen LogP contribution in [-0.4, -0.2) is 10.0 Å². The number of nitrogen functional groups attached to an aromatic ring is 2. The van der Waals surface area contributed by atoms with Crippen LogP contribution < -0.4 is 16.8 Å². The summed E-state index contributed by atoms with van der Waals surface area (Å²) in [5.41, 5.74) is 13.5. The number of non-ortho nitro benzene ring substituents is 1. The molecule has 0 aliphatic carbocycles. The largest absolute Gasteiger partial charge is 0.506 e. The molecular weight excluding hydrogens is 296 g/mol. The lowest BCUT2D eigenvalue weighted by Crippen LogP contribution is -2.04. The van der Waals surface area contributed by atoms with E-state index in [-0.39, 0.29) is 29.5 Å². The maximum atomic E-state index is 10.7. The van der Waals surface area contributed by atoms with Crippen LogP contribution >= 0.6 is 12.4 Å². The first-order valence-electron chi connectivity index (χ1n) is 5.82. The lowest BCUT2D eigenvalue weighted by Gasteiger charge is -2.10. The van der Waals surface area contributed by atoms with Crippen LogP contribution in [0.1, 0.15) is 5.56 Å². The molecule has 0 aliphatic heterocycles. The number of phenols is 1. The van der Waals surface area contributed by atoms with E-state index in [9.17, 15) is 15.2 Å². The van der Waals surface area contributed by atoms with Crippen LogP contribution in [0, 0.1) is 10.1 Å². The van der Waals surface area contributed by atoms with Gasteiger partial charge in [0.1, 0.15) is 5.75 Å². The number of rotatable bonds is 4. The third kappa shape index (κ3) is 3.90. The second-order valence-corrected chi connectivity index (χ2v) is 4.27. The molecule has 0 aromatic heterocycles. The van der Waals surface area contributed by atoms with Crippen molar-refractivity contribution in [2.24, 2.45) is 0 Å². The molecule has 8 heteroatoms. The Morgan fingerprint density at radius 2 is 1.90 bits per heavy atom. The lowest BCUT2D eigenvalue weighted by molar-refractivity contribution is -0.384. The topological polar surface area (TPSA) is 127 Å². The summed E-state index contributed by atoms with van der Waals surface area (Å²) in [7, 11) is 0. The standard InChI is InChI=1S/C13H14N4O3.ClH/c14-9-1-3-11(15)8(5-9)7-16-12-6-10(17(19)20)2-4-13(12)18;/h1-6,16,18H,7,14-15H2;1H. The van der Waals surface area contributed by atoms with Gasteiger partial charge in [0, 0.05) is 30.1 Å². The molecule has 0 radical (unpaired) electrons. The molecule has 6 N–H and O–H groups in total. The minimum absolute atomic E-state index is 0. The van der Waals surface area contributed by atoms with E-state index in [0.717, 1.165) is 5.56 Å². The molecule has 0 fully saturated rings. The van der Waals surface area contributed by atoms with Crippen molar-refractivity contribution < 1.29 is 10.0 Å². The molecule has 21 heavy (non-hydrogen) atoms. The predicted molar refractivity (Wildman–Crippen MR) is 84.6 cm³/mol. The van der Waals surface area contributed by atoms with Crippen LogP contribution in [0.4, 0.5) is 22.7 Å². The van der Waals surface area contributed by atoms with Crippen LogP contribution in [0.5, 0.6) is 5.75 Å². The summed E-state index contributed by atoms with van der Waals surface area (Å²) in [5.74, 6) is -0.0712. The van der Waals surface area contributed by atoms with E-state index in [1.165, 1.54) is 18.2 Å². The molecule has 0 aliphatic rings. The number of nitro groups is 1. The SMILES string of the molecule is Cl.Nc1ccc(N)c(CNc2cc([N+](=O)[O-])ccc2O)c1. The molecule has 112 valence electrons. The molecule has 0 bridgehead atoms. The van der Waals surface area contributed by atoms with Crippen molar-refractivity contribution in [3.8, 4) is 5.75 Å². The normalized spacial score (nSPS) is 9.71. The summed E-state index contributed by atoms with van der Waals surface area (Å²) < 4.78 is 0. The highest BCUT2D eigenvalue weighted by molar-refractivity contribution is 5.85. The van der Waals surface area contributed by atoms with Gasteiger partial charge >= 0.3 is 0 Å². The summed E-state index contributed by atoms with van der Waals surface area (Å²) in [5, 5.41) is 23.3. The number of nitrogens with zero attached hydrogens (tertiary/aromatic N) is 1. The third-order valence-electron chi connectivity index (χ3n) is 2.83. The number of anilines is 3. The van der Waals surface area contributed by atoms with E-state index in [4.69, 9.17) is 11.5 Å². The fraction of sp³-hybridized carbons (Fsp3) is 0.0769. The van der Waals surface area contributed by atoms with Crippen molar-refractivity contribution >= 4 is 35.2 Å². The van der Waals surface area contributed by atoms with E-state index in [2.05, 4.69) is 5.32 Å². The molecule has 0 unspecified atom stereocenters. The number of nitrogens with one attached hydrogen (secondary N) is 1. The van der Waals surface area contributed by atoms with Crippen molar-refractivity contribution in [3.05, 3.63) is 52.1 Å². The van der Waals surface area contributed by atoms with Crippen LogP contribution in [-0.2, 0) is 6.54 Å². The zero-order chi connectivity index (χ0) is 14.7. The van der Waals surface area contributed by atoms with Crippen molar-refractivity contribution in [1.29, 1.82) is 0 Å². The van der Waals surface area contributed by atoms with Gasteiger partial charge in [0.2, 0.25) is 0 Å². The Morgan fingerprint density at radius 3 is 2.57 bits per heavy atom. The van der Waals surface area contributed by atoms with Gasteiger partial charge in [-0.25, -0.2) is 0 Å². The maximum Gasteiger partial charge on any atom is 0.271 e. The molecule has 0 atom stereocenters. The van der Waals surface area contributed by atoms with Crippen LogP contribution in [0.15, 0.2) is 36.4 Å². The van der Waals surface area contributed by atoms with Gasteiger partial charge in [-0.2, -0.15) is 0 Å². The van der Waals surface area contributed by atoms with Gasteiger partial charge in [0.25, 0.3) is 5.69 Å². The highest BCUT2D eigenvalue weighted by atomic mass is 35.5. The van der Waals surface area contributed by atoms with Crippen LogP contribution in [0.2, 0.25) is 0 Å².